The lowest BCUT2D eigenvalue weighted by Crippen LogP contribution is -2.32. The van der Waals surface area contributed by atoms with Crippen LogP contribution in [-0.4, -0.2) is 28.5 Å². The van der Waals surface area contributed by atoms with Crippen molar-refractivity contribution in [2.45, 2.75) is 12.3 Å². The van der Waals surface area contributed by atoms with E-state index >= 15 is 0 Å². The molecule has 13 heavy (non-hydrogen) atoms. The van der Waals surface area contributed by atoms with E-state index in [0.717, 1.165) is 17.2 Å². The van der Waals surface area contributed by atoms with Gasteiger partial charge >= 0.3 is 0 Å². The Labute approximate surface area is 85.9 Å². The summed E-state index contributed by atoms with van der Waals surface area (Å²) in [6, 6.07) is 3.81. The molecule has 0 radical (unpaired) electrons. The molecule has 2 heterocycles. The molecule has 0 saturated carbocycles. The first kappa shape index (κ1) is 9.09. The molecule has 0 aliphatic carbocycles. The molecule has 1 unspecified atom stereocenters. The van der Waals surface area contributed by atoms with Gasteiger partial charge in [0.05, 0.1) is 10.3 Å². The van der Waals surface area contributed by atoms with Crippen molar-refractivity contribution in [3.8, 4) is 0 Å². The third kappa shape index (κ3) is 1.74. The second-order valence-corrected chi connectivity index (χ2v) is 5.32. The minimum absolute atomic E-state index is 0.188. The molecule has 1 amide bonds. The summed E-state index contributed by atoms with van der Waals surface area (Å²) in [5, 5.41) is 2.29. The van der Waals surface area contributed by atoms with Gasteiger partial charge in [0, 0.05) is 12.3 Å². The highest BCUT2D eigenvalue weighted by molar-refractivity contribution is 8.00. The normalized spacial score (nSPS) is 22.2. The molecule has 0 bridgehead atoms. The second kappa shape index (κ2) is 3.72. The van der Waals surface area contributed by atoms with Crippen molar-refractivity contribution in [1.29, 1.82) is 0 Å². The average Bonchev–Trinajstić information content (AvgIpc) is 2.72. The zero-order valence-electron chi connectivity index (χ0n) is 7.40. The van der Waals surface area contributed by atoms with Crippen LogP contribution in [0.1, 0.15) is 16.6 Å². The summed E-state index contributed by atoms with van der Waals surface area (Å²) in [4.78, 5) is 14.6. The van der Waals surface area contributed by atoms with Gasteiger partial charge in [-0.1, -0.05) is 6.07 Å². The highest BCUT2D eigenvalue weighted by Crippen LogP contribution is 2.25. The highest BCUT2D eigenvalue weighted by atomic mass is 32.2. The van der Waals surface area contributed by atoms with E-state index in [0.29, 0.717) is 5.37 Å². The fraction of sp³-hybridized carbons (Fsp3) is 0.444. The third-order valence-corrected chi connectivity index (χ3v) is 4.14. The van der Waals surface area contributed by atoms with Gasteiger partial charge in [0.2, 0.25) is 0 Å². The second-order valence-electron chi connectivity index (χ2n) is 2.95. The van der Waals surface area contributed by atoms with E-state index in [-0.39, 0.29) is 5.91 Å². The predicted molar refractivity (Wildman–Crippen MR) is 57.3 cm³/mol. The van der Waals surface area contributed by atoms with Gasteiger partial charge in [-0.15, -0.1) is 23.1 Å². The SMILES string of the molecule is CC1SCCN1C(=O)c1cccs1. The number of nitrogens with zero attached hydrogens (tertiary/aromatic N) is 1. The molecule has 4 heteroatoms. The maximum Gasteiger partial charge on any atom is 0.264 e. The van der Waals surface area contributed by atoms with E-state index in [1.165, 1.54) is 11.3 Å². The fourth-order valence-electron chi connectivity index (χ4n) is 1.40. The Morgan fingerprint density at radius 3 is 3.08 bits per heavy atom. The Hall–Kier alpha value is -0.480. The zero-order valence-corrected chi connectivity index (χ0v) is 9.03. The minimum atomic E-state index is 0.188. The van der Waals surface area contributed by atoms with Crippen molar-refractivity contribution >= 4 is 29.0 Å². The van der Waals surface area contributed by atoms with Gasteiger partial charge in [-0.25, -0.2) is 0 Å². The molecular weight excluding hydrogens is 202 g/mol. The number of carbonyl (C=O) groups is 1. The van der Waals surface area contributed by atoms with Crippen LogP contribution in [0.15, 0.2) is 17.5 Å². The number of hydrogen-bond donors (Lipinski definition) is 0. The van der Waals surface area contributed by atoms with Crippen LogP contribution in [0, 0.1) is 0 Å². The Morgan fingerprint density at radius 1 is 1.69 bits per heavy atom. The van der Waals surface area contributed by atoms with E-state index in [4.69, 9.17) is 0 Å². The van der Waals surface area contributed by atoms with Crippen molar-refractivity contribution in [3.05, 3.63) is 22.4 Å². The van der Waals surface area contributed by atoms with E-state index in [1.54, 1.807) is 0 Å². The zero-order chi connectivity index (χ0) is 9.26. The standard InChI is InChI=1S/C9H11NOS2/c1-7-10(4-6-12-7)9(11)8-3-2-5-13-8/h2-3,5,7H,4,6H2,1H3. The summed E-state index contributed by atoms with van der Waals surface area (Å²) in [7, 11) is 0. The fourth-order valence-corrected chi connectivity index (χ4v) is 3.11. The molecule has 1 aromatic heterocycles. The Kier molecular flexibility index (Phi) is 2.60. The number of thiophene rings is 1. The number of hydrogen-bond acceptors (Lipinski definition) is 3. The van der Waals surface area contributed by atoms with Gasteiger partial charge in [0.1, 0.15) is 0 Å². The molecule has 70 valence electrons. The molecule has 1 saturated heterocycles. The van der Waals surface area contributed by atoms with Gasteiger partial charge in [-0.3, -0.25) is 4.79 Å². The quantitative estimate of drug-likeness (QED) is 0.713. The first-order chi connectivity index (χ1) is 6.29. The molecule has 2 rings (SSSR count). The lowest BCUT2D eigenvalue weighted by molar-refractivity contribution is 0.0773. The van der Waals surface area contributed by atoms with Crippen LogP contribution in [0.2, 0.25) is 0 Å². The maximum absolute atomic E-state index is 11.8. The number of rotatable bonds is 1. The van der Waals surface area contributed by atoms with Crippen molar-refractivity contribution in [3.63, 3.8) is 0 Å². The molecule has 0 N–H and O–H groups in total. The van der Waals surface area contributed by atoms with Crippen LogP contribution in [0.5, 0.6) is 0 Å². The molecule has 1 aliphatic rings. The number of carbonyl (C=O) groups excluding carboxylic acids is 1. The van der Waals surface area contributed by atoms with E-state index in [1.807, 2.05) is 34.2 Å². The average molecular weight is 213 g/mol. The third-order valence-electron chi connectivity index (χ3n) is 2.12. The van der Waals surface area contributed by atoms with Gasteiger partial charge in [-0.05, 0) is 18.4 Å². The molecule has 1 aromatic rings. The smallest absolute Gasteiger partial charge is 0.264 e. The lowest BCUT2D eigenvalue weighted by Gasteiger charge is -2.19. The number of amides is 1. The summed E-state index contributed by atoms with van der Waals surface area (Å²) >= 11 is 3.36. The van der Waals surface area contributed by atoms with Gasteiger partial charge in [0.25, 0.3) is 5.91 Å². The van der Waals surface area contributed by atoms with E-state index < -0.39 is 0 Å². The van der Waals surface area contributed by atoms with E-state index in [2.05, 4.69) is 6.92 Å². The molecular formula is C9H11NOS2. The summed E-state index contributed by atoms with van der Waals surface area (Å²) in [6.45, 7) is 2.98. The van der Waals surface area contributed by atoms with Crippen LogP contribution in [0.4, 0.5) is 0 Å². The first-order valence-electron chi connectivity index (χ1n) is 4.25. The van der Waals surface area contributed by atoms with Crippen LogP contribution < -0.4 is 0 Å². The molecule has 0 aromatic carbocycles. The van der Waals surface area contributed by atoms with Crippen molar-refractivity contribution in [2.24, 2.45) is 0 Å². The van der Waals surface area contributed by atoms with Crippen LogP contribution in [0.25, 0.3) is 0 Å². The largest absolute Gasteiger partial charge is 0.325 e. The Morgan fingerprint density at radius 2 is 2.54 bits per heavy atom. The summed E-state index contributed by atoms with van der Waals surface area (Å²) in [6.07, 6.45) is 0. The van der Waals surface area contributed by atoms with Gasteiger partial charge in [-0.2, -0.15) is 0 Å². The topological polar surface area (TPSA) is 20.3 Å². The van der Waals surface area contributed by atoms with Crippen LogP contribution in [0.3, 0.4) is 0 Å². The van der Waals surface area contributed by atoms with Crippen molar-refractivity contribution < 1.29 is 4.79 Å². The predicted octanol–water partition coefficient (Wildman–Crippen LogP) is 2.28. The molecule has 1 atom stereocenters. The summed E-state index contributed by atoms with van der Waals surface area (Å²) in [5.74, 6) is 1.26. The first-order valence-corrected chi connectivity index (χ1v) is 6.18. The molecule has 0 spiro atoms. The maximum atomic E-state index is 11.8. The van der Waals surface area contributed by atoms with Gasteiger partial charge < -0.3 is 4.90 Å². The Bertz CT molecular complexity index is 297. The lowest BCUT2D eigenvalue weighted by atomic mass is 10.4. The van der Waals surface area contributed by atoms with Crippen molar-refractivity contribution in [1.82, 2.24) is 4.90 Å². The summed E-state index contributed by atoms with van der Waals surface area (Å²) < 4.78 is 0. The molecule has 2 nitrogen and oxygen atoms in total. The van der Waals surface area contributed by atoms with E-state index in [9.17, 15) is 4.79 Å². The molecule has 1 fully saturated rings. The van der Waals surface area contributed by atoms with Crippen LogP contribution >= 0.6 is 23.1 Å². The van der Waals surface area contributed by atoms with Crippen LogP contribution in [-0.2, 0) is 0 Å². The molecule has 1 aliphatic heterocycles. The highest BCUT2D eigenvalue weighted by Gasteiger charge is 2.26. The monoisotopic (exact) mass is 213 g/mol. The minimum Gasteiger partial charge on any atom is -0.325 e. The summed E-state index contributed by atoms with van der Waals surface area (Å²) in [5.41, 5.74) is 0. The Balaban J connectivity index is 2.13. The number of thioether (sulfide) groups is 1. The van der Waals surface area contributed by atoms with Crippen molar-refractivity contribution in [2.75, 3.05) is 12.3 Å². The van der Waals surface area contributed by atoms with Gasteiger partial charge in [0.15, 0.2) is 0 Å².